The van der Waals surface area contributed by atoms with Gasteiger partial charge in [0.05, 0.1) is 10.6 Å². The van der Waals surface area contributed by atoms with Gasteiger partial charge in [-0.1, -0.05) is 0 Å². The van der Waals surface area contributed by atoms with E-state index in [2.05, 4.69) is 35.1 Å². The maximum absolute atomic E-state index is 12.7. The van der Waals surface area contributed by atoms with Crippen molar-refractivity contribution in [2.45, 2.75) is 24.7 Å². The lowest BCUT2D eigenvalue weighted by Crippen LogP contribution is -2.38. The highest BCUT2D eigenvalue weighted by Crippen LogP contribution is 2.23. The summed E-state index contributed by atoms with van der Waals surface area (Å²) in [5.41, 5.74) is 1.41. The largest absolute Gasteiger partial charge is 0.355 e. The monoisotopic (exact) mass is 453 g/mol. The van der Waals surface area contributed by atoms with Gasteiger partial charge in [0.2, 0.25) is 11.9 Å². The van der Waals surface area contributed by atoms with E-state index in [1.165, 1.54) is 24.5 Å². The van der Waals surface area contributed by atoms with Gasteiger partial charge in [-0.15, -0.1) is 5.10 Å². The number of nitrogens with one attached hydrogen (secondary N) is 2. The van der Waals surface area contributed by atoms with Gasteiger partial charge in [-0.2, -0.15) is 5.10 Å². The summed E-state index contributed by atoms with van der Waals surface area (Å²) in [7, 11) is -3.82. The number of nitrogens with zero attached hydrogens (tertiary/aromatic N) is 5. The quantitative estimate of drug-likeness (QED) is 0.581. The van der Waals surface area contributed by atoms with Crippen LogP contribution in [-0.2, 0) is 14.8 Å². The van der Waals surface area contributed by atoms with Crippen molar-refractivity contribution in [3.63, 3.8) is 0 Å². The van der Waals surface area contributed by atoms with Gasteiger partial charge in [0.1, 0.15) is 0 Å². The third-order valence-corrected chi connectivity index (χ3v) is 6.54. The van der Waals surface area contributed by atoms with E-state index >= 15 is 0 Å². The second-order valence-electron chi connectivity index (χ2n) is 7.49. The van der Waals surface area contributed by atoms with Gasteiger partial charge in [-0.3, -0.25) is 4.79 Å². The molecule has 1 fully saturated rings. The minimum Gasteiger partial charge on any atom is -0.355 e. The third-order valence-electron chi connectivity index (χ3n) is 5.20. The summed E-state index contributed by atoms with van der Waals surface area (Å²) in [5.74, 6) is 0.615. The number of hydrogen-bond donors (Lipinski definition) is 2. The zero-order valence-corrected chi connectivity index (χ0v) is 18.3. The first-order chi connectivity index (χ1) is 15.4. The molecule has 0 bridgehead atoms. The van der Waals surface area contributed by atoms with E-state index in [1.807, 2.05) is 19.1 Å². The highest BCUT2D eigenvalue weighted by atomic mass is 32.2. The van der Waals surface area contributed by atoms with E-state index < -0.39 is 10.0 Å². The molecular weight excluding hydrogens is 430 g/mol. The van der Waals surface area contributed by atoms with Gasteiger partial charge in [-0.25, -0.2) is 23.1 Å². The fourth-order valence-electron chi connectivity index (χ4n) is 3.42. The summed E-state index contributed by atoms with van der Waals surface area (Å²) in [4.78, 5) is 22.6. The first kappa shape index (κ1) is 21.6. The van der Waals surface area contributed by atoms with Crippen molar-refractivity contribution in [1.29, 1.82) is 0 Å². The second kappa shape index (κ2) is 9.27. The van der Waals surface area contributed by atoms with Gasteiger partial charge in [0.25, 0.3) is 10.0 Å². The molecule has 3 heterocycles. The Hall–Kier alpha value is -3.60. The molecule has 1 aliphatic rings. The molecule has 0 unspecified atom stereocenters. The fourth-order valence-corrected chi connectivity index (χ4v) is 4.38. The summed E-state index contributed by atoms with van der Waals surface area (Å²) in [6.45, 7) is 3.34. The number of aryl methyl sites for hydroxylation is 1. The van der Waals surface area contributed by atoms with Crippen LogP contribution in [-0.4, -0.2) is 47.6 Å². The molecule has 3 aromatic rings. The molecule has 1 saturated heterocycles. The van der Waals surface area contributed by atoms with Crippen molar-refractivity contribution < 1.29 is 13.2 Å². The molecule has 4 rings (SSSR count). The Kier molecular flexibility index (Phi) is 6.26. The second-order valence-corrected chi connectivity index (χ2v) is 9.17. The van der Waals surface area contributed by atoms with Crippen molar-refractivity contribution in [3.05, 3.63) is 60.6 Å². The van der Waals surface area contributed by atoms with Gasteiger partial charge in [0, 0.05) is 37.1 Å². The third kappa shape index (κ3) is 5.17. The number of carbonyl (C=O) groups excluding carboxylic acids is 1. The molecule has 1 aromatic carbocycles. The van der Waals surface area contributed by atoms with Crippen molar-refractivity contribution in [1.82, 2.24) is 20.2 Å². The summed E-state index contributed by atoms with van der Waals surface area (Å²) >= 11 is 0. The van der Waals surface area contributed by atoms with Gasteiger partial charge in [0.15, 0.2) is 5.82 Å². The van der Waals surface area contributed by atoms with Gasteiger partial charge >= 0.3 is 0 Å². The maximum Gasteiger partial charge on any atom is 0.264 e. The highest BCUT2D eigenvalue weighted by Gasteiger charge is 2.26. The SMILES string of the molecule is Cc1ccc(N2CCC(C(=O)Nc3ccc(S(=O)(=O)Nc4ncccn4)cc3)CC2)nn1. The number of aromatic nitrogens is 4. The van der Waals surface area contributed by atoms with E-state index in [1.54, 1.807) is 18.2 Å². The van der Waals surface area contributed by atoms with Gasteiger partial charge in [-0.05, 0) is 62.2 Å². The zero-order chi connectivity index (χ0) is 22.6. The van der Waals surface area contributed by atoms with E-state index in [9.17, 15) is 13.2 Å². The van der Waals surface area contributed by atoms with Gasteiger partial charge < -0.3 is 10.2 Å². The predicted octanol–water partition coefficient (Wildman–Crippen LogP) is 2.23. The Morgan fingerprint density at radius 3 is 2.31 bits per heavy atom. The molecule has 1 aliphatic heterocycles. The molecule has 2 aromatic heterocycles. The molecule has 2 N–H and O–H groups in total. The van der Waals surface area contributed by atoms with Crippen LogP contribution in [0.15, 0.2) is 59.8 Å². The maximum atomic E-state index is 12.7. The first-order valence-corrected chi connectivity index (χ1v) is 11.6. The molecule has 0 atom stereocenters. The average Bonchev–Trinajstić information content (AvgIpc) is 2.80. The molecule has 1 amide bonds. The fraction of sp³-hybridized carbons (Fsp3) is 0.286. The van der Waals surface area contributed by atoms with Crippen LogP contribution in [0.3, 0.4) is 0 Å². The zero-order valence-electron chi connectivity index (χ0n) is 17.5. The highest BCUT2D eigenvalue weighted by molar-refractivity contribution is 7.92. The van der Waals surface area contributed by atoms with E-state index in [4.69, 9.17) is 0 Å². The number of benzene rings is 1. The average molecular weight is 454 g/mol. The topological polar surface area (TPSA) is 130 Å². The van der Waals surface area contributed by atoms with E-state index in [0.29, 0.717) is 18.5 Å². The van der Waals surface area contributed by atoms with Crippen LogP contribution in [0.5, 0.6) is 0 Å². The molecule has 0 aliphatic carbocycles. The molecule has 166 valence electrons. The summed E-state index contributed by atoms with van der Waals surface area (Å²) in [6, 6.07) is 11.4. The van der Waals surface area contributed by atoms with E-state index in [0.717, 1.165) is 24.6 Å². The van der Waals surface area contributed by atoms with Crippen LogP contribution in [0.25, 0.3) is 0 Å². The van der Waals surface area contributed by atoms with E-state index in [-0.39, 0.29) is 22.7 Å². The Balaban J connectivity index is 1.32. The lowest BCUT2D eigenvalue weighted by atomic mass is 9.96. The number of sulfonamides is 1. The van der Waals surface area contributed by atoms with Crippen molar-refractivity contribution in [2.24, 2.45) is 5.92 Å². The number of rotatable bonds is 6. The number of amides is 1. The first-order valence-electron chi connectivity index (χ1n) is 10.2. The number of piperidine rings is 1. The summed E-state index contributed by atoms with van der Waals surface area (Å²) < 4.78 is 27.2. The summed E-state index contributed by atoms with van der Waals surface area (Å²) in [5, 5.41) is 11.2. The predicted molar refractivity (Wildman–Crippen MR) is 120 cm³/mol. The molecule has 0 spiro atoms. The Morgan fingerprint density at radius 2 is 1.69 bits per heavy atom. The van der Waals surface area contributed by atoms with Crippen LogP contribution in [0.4, 0.5) is 17.5 Å². The Morgan fingerprint density at radius 1 is 1.00 bits per heavy atom. The lowest BCUT2D eigenvalue weighted by Gasteiger charge is -2.31. The van der Waals surface area contributed by atoms with Crippen LogP contribution in [0.2, 0.25) is 0 Å². The Bertz CT molecular complexity index is 1160. The number of anilines is 3. The smallest absolute Gasteiger partial charge is 0.264 e. The summed E-state index contributed by atoms with van der Waals surface area (Å²) in [6.07, 6.45) is 4.30. The minimum absolute atomic E-state index is 0.00663. The molecule has 0 radical (unpaired) electrons. The number of hydrogen-bond acceptors (Lipinski definition) is 8. The normalized spacial score (nSPS) is 14.7. The molecular formula is C21H23N7O3S. The Labute approximate surface area is 186 Å². The van der Waals surface area contributed by atoms with Crippen molar-refractivity contribution in [2.75, 3.05) is 28.0 Å². The van der Waals surface area contributed by atoms with Crippen LogP contribution < -0.4 is 14.9 Å². The van der Waals surface area contributed by atoms with Crippen molar-refractivity contribution >= 4 is 33.4 Å². The lowest BCUT2D eigenvalue weighted by molar-refractivity contribution is -0.120. The standard InChI is InChI=1S/C21H23N7O3S/c1-15-3-8-19(26-25-15)28-13-9-16(10-14-28)20(29)24-17-4-6-18(7-5-17)32(30,31)27-21-22-11-2-12-23-21/h2-8,11-12,16H,9-10,13-14H2,1H3,(H,24,29)(H,22,23,27). The molecule has 10 nitrogen and oxygen atoms in total. The molecule has 32 heavy (non-hydrogen) atoms. The minimum atomic E-state index is -3.82. The number of carbonyl (C=O) groups is 1. The van der Waals surface area contributed by atoms with Crippen LogP contribution in [0.1, 0.15) is 18.5 Å². The van der Waals surface area contributed by atoms with Crippen LogP contribution >= 0.6 is 0 Å². The molecule has 0 saturated carbocycles. The molecule has 11 heteroatoms. The van der Waals surface area contributed by atoms with Crippen LogP contribution in [0, 0.1) is 12.8 Å². The van der Waals surface area contributed by atoms with Crippen molar-refractivity contribution in [3.8, 4) is 0 Å².